The van der Waals surface area contributed by atoms with Crippen molar-refractivity contribution >= 4 is 11.9 Å². The smallest absolute Gasteiger partial charge is 0.205 e. The van der Waals surface area contributed by atoms with E-state index >= 15 is 0 Å². The van der Waals surface area contributed by atoms with Gasteiger partial charge in [0.05, 0.1) is 11.9 Å². The first-order valence-electron chi connectivity index (χ1n) is 6.51. The number of aromatic hydroxyl groups is 1. The second kappa shape index (κ2) is 6.61. The molecule has 0 saturated carbocycles. The number of carbonyl (C=O) groups excluding carboxylic acids is 1. The number of rotatable bonds is 5. The zero-order valence-corrected chi connectivity index (χ0v) is 11.3. The monoisotopic (exact) mass is 268 g/mol. The van der Waals surface area contributed by atoms with Gasteiger partial charge in [0, 0.05) is 6.20 Å². The van der Waals surface area contributed by atoms with E-state index in [9.17, 15) is 9.90 Å². The minimum absolute atomic E-state index is 0.186. The van der Waals surface area contributed by atoms with Gasteiger partial charge in [-0.05, 0) is 30.2 Å². The predicted octanol–water partition coefficient (Wildman–Crippen LogP) is 3.03. The van der Waals surface area contributed by atoms with Gasteiger partial charge in [-0.25, -0.2) is 4.98 Å². The van der Waals surface area contributed by atoms with Crippen molar-refractivity contribution in [3.05, 3.63) is 59.7 Å². The molecule has 20 heavy (non-hydrogen) atoms. The summed E-state index contributed by atoms with van der Waals surface area (Å²) in [5.41, 5.74) is 2.07. The van der Waals surface area contributed by atoms with Crippen molar-refractivity contribution < 1.29 is 9.90 Å². The van der Waals surface area contributed by atoms with E-state index in [0.29, 0.717) is 5.69 Å². The minimum atomic E-state index is -0.186. The molecule has 0 unspecified atom stereocenters. The number of phenolic OH excluding ortho intramolecular Hbond substituents is 1. The number of ketones is 1. The Morgan fingerprint density at radius 2 is 1.95 bits per heavy atom. The number of hydrogen-bond donors (Lipinski definition) is 1. The molecule has 0 bridgehead atoms. The quantitative estimate of drug-likeness (QED) is 0.668. The van der Waals surface area contributed by atoms with Crippen LogP contribution in [0.2, 0.25) is 0 Å². The highest BCUT2D eigenvalue weighted by atomic mass is 16.3. The molecular formula is C16H16N2O2. The molecule has 4 nitrogen and oxygen atoms in total. The van der Waals surface area contributed by atoms with Gasteiger partial charge in [0.25, 0.3) is 0 Å². The lowest BCUT2D eigenvalue weighted by atomic mass is 10.1. The maximum atomic E-state index is 11.9. The van der Waals surface area contributed by atoms with Crippen LogP contribution in [0.15, 0.2) is 42.7 Å². The highest BCUT2D eigenvalue weighted by Gasteiger charge is 2.04. The van der Waals surface area contributed by atoms with Crippen molar-refractivity contribution in [2.45, 2.75) is 19.8 Å². The summed E-state index contributed by atoms with van der Waals surface area (Å²) in [5.74, 6) is 0.0134. The predicted molar refractivity (Wildman–Crippen MR) is 77.5 cm³/mol. The number of allylic oxidation sites excluding steroid dienone is 1. The van der Waals surface area contributed by atoms with E-state index in [1.165, 1.54) is 12.3 Å². The number of aromatic nitrogens is 2. The maximum absolute atomic E-state index is 11.9. The van der Waals surface area contributed by atoms with Gasteiger partial charge < -0.3 is 5.11 Å². The van der Waals surface area contributed by atoms with E-state index in [1.54, 1.807) is 36.5 Å². The number of phenols is 1. The Kier molecular flexibility index (Phi) is 4.60. The average molecular weight is 268 g/mol. The molecule has 0 aliphatic heterocycles. The summed E-state index contributed by atoms with van der Waals surface area (Å²) in [6.45, 7) is 2.07. The number of nitrogens with zero attached hydrogens (tertiary/aromatic N) is 2. The first-order valence-corrected chi connectivity index (χ1v) is 6.51. The molecule has 1 aromatic carbocycles. The molecule has 1 heterocycles. The number of hydrogen-bond acceptors (Lipinski definition) is 4. The van der Waals surface area contributed by atoms with Gasteiger partial charge >= 0.3 is 0 Å². The van der Waals surface area contributed by atoms with Crippen molar-refractivity contribution in [3.63, 3.8) is 0 Å². The van der Waals surface area contributed by atoms with E-state index in [4.69, 9.17) is 0 Å². The van der Waals surface area contributed by atoms with Crippen LogP contribution in [0.3, 0.4) is 0 Å². The normalized spacial score (nSPS) is 10.8. The highest BCUT2D eigenvalue weighted by Crippen LogP contribution is 2.11. The third-order valence-electron chi connectivity index (χ3n) is 2.78. The van der Waals surface area contributed by atoms with Crippen LogP contribution in [0, 0.1) is 0 Å². The summed E-state index contributed by atoms with van der Waals surface area (Å²) < 4.78 is 0. The van der Waals surface area contributed by atoms with E-state index in [0.717, 1.165) is 24.1 Å². The zero-order chi connectivity index (χ0) is 14.4. The van der Waals surface area contributed by atoms with Crippen LogP contribution < -0.4 is 0 Å². The zero-order valence-electron chi connectivity index (χ0n) is 11.3. The molecule has 0 saturated heterocycles. The lowest BCUT2D eigenvalue weighted by molar-refractivity contribution is 0.104. The van der Waals surface area contributed by atoms with Gasteiger partial charge in [-0.2, -0.15) is 0 Å². The molecule has 2 aromatic rings. The van der Waals surface area contributed by atoms with Crippen LogP contribution in [0.1, 0.15) is 35.1 Å². The van der Waals surface area contributed by atoms with Crippen molar-refractivity contribution in [2.24, 2.45) is 0 Å². The topological polar surface area (TPSA) is 63.1 Å². The molecule has 0 aliphatic rings. The second-order valence-electron chi connectivity index (χ2n) is 4.43. The van der Waals surface area contributed by atoms with E-state index in [1.807, 2.05) is 0 Å². The van der Waals surface area contributed by atoms with Crippen molar-refractivity contribution in [2.75, 3.05) is 0 Å². The van der Waals surface area contributed by atoms with Crippen LogP contribution in [0.4, 0.5) is 0 Å². The molecule has 0 fully saturated rings. The Bertz CT molecular complexity index is 601. The fourth-order valence-electron chi connectivity index (χ4n) is 1.71. The fraction of sp³-hybridized carbons (Fsp3) is 0.188. The third kappa shape index (κ3) is 3.75. The summed E-state index contributed by atoms with van der Waals surface area (Å²) in [6, 6.07) is 6.61. The molecule has 102 valence electrons. The van der Waals surface area contributed by atoms with Crippen LogP contribution in [0.5, 0.6) is 5.75 Å². The van der Waals surface area contributed by atoms with Gasteiger partial charge in [-0.1, -0.05) is 31.6 Å². The largest absolute Gasteiger partial charge is 0.508 e. The molecule has 4 heteroatoms. The van der Waals surface area contributed by atoms with Crippen molar-refractivity contribution in [3.8, 4) is 5.75 Å². The van der Waals surface area contributed by atoms with Crippen LogP contribution >= 0.6 is 0 Å². The van der Waals surface area contributed by atoms with Gasteiger partial charge in [0.15, 0.2) is 0 Å². The fourth-order valence-corrected chi connectivity index (χ4v) is 1.71. The minimum Gasteiger partial charge on any atom is -0.508 e. The van der Waals surface area contributed by atoms with Crippen molar-refractivity contribution in [1.29, 1.82) is 0 Å². The molecule has 0 spiro atoms. The summed E-state index contributed by atoms with van der Waals surface area (Å²) in [7, 11) is 0. The van der Waals surface area contributed by atoms with Crippen LogP contribution in [-0.4, -0.2) is 20.9 Å². The van der Waals surface area contributed by atoms with Crippen molar-refractivity contribution in [1.82, 2.24) is 9.97 Å². The number of aryl methyl sites for hydroxylation is 1. The summed E-state index contributed by atoms with van der Waals surface area (Å²) in [5, 5.41) is 9.17. The first-order chi connectivity index (χ1) is 9.69. The molecule has 2 rings (SSSR count). The summed E-state index contributed by atoms with van der Waals surface area (Å²) in [6.07, 6.45) is 8.16. The van der Waals surface area contributed by atoms with E-state index in [2.05, 4.69) is 16.9 Å². The second-order valence-corrected chi connectivity index (χ2v) is 4.43. The molecule has 0 atom stereocenters. The Morgan fingerprint density at radius 3 is 2.55 bits per heavy atom. The maximum Gasteiger partial charge on any atom is 0.205 e. The van der Waals surface area contributed by atoms with E-state index < -0.39 is 0 Å². The molecule has 0 radical (unpaired) electrons. The standard InChI is InChI=1S/C16H16N2O2/c1-2-3-13-10-18-15(11-17-13)16(20)9-6-12-4-7-14(19)8-5-12/h4-11,19H,2-3H2,1H3/b9-6+. The molecule has 1 aromatic heterocycles. The molecule has 1 N–H and O–H groups in total. The summed E-state index contributed by atoms with van der Waals surface area (Å²) >= 11 is 0. The van der Waals surface area contributed by atoms with Gasteiger partial charge in [-0.15, -0.1) is 0 Å². The third-order valence-corrected chi connectivity index (χ3v) is 2.78. The Labute approximate surface area is 117 Å². The average Bonchev–Trinajstić information content (AvgIpc) is 2.47. The number of benzene rings is 1. The molecular weight excluding hydrogens is 252 g/mol. The highest BCUT2D eigenvalue weighted by molar-refractivity contribution is 6.05. The van der Waals surface area contributed by atoms with Gasteiger partial charge in [0.2, 0.25) is 5.78 Å². The Morgan fingerprint density at radius 1 is 1.20 bits per heavy atom. The lowest BCUT2D eigenvalue weighted by Crippen LogP contribution is -2.01. The Balaban J connectivity index is 2.05. The van der Waals surface area contributed by atoms with Crippen LogP contribution in [0.25, 0.3) is 6.08 Å². The molecule has 0 aliphatic carbocycles. The Hall–Kier alpha value is -2.49. The SMILES string of the molecule is CCCc1cnc(C(=O)/C=C/c2ccc(O)cc2)cn1. The van der Waals surface area contributed by atoms with Gasteiger partial charge in [0.1, 0.15) is 11.4 Å². The summed E-state index contributed by atoms with van der Waals surface area (Å²) in [4.78, 5) is 20.2. The molecule has 0 amide bonds. The first kappa shape index (κ1) is 13.9. The van der Waals surface area contributed by atoms with Crippen LogP contribution in [-0.2, 0) is 6.42 Å². The van der Waals surface area contributed by atoms with E-state index in [-0.39, 0.29) is 11.5 Å². The number of carbonyl (C=O) groups is 1. The van der Waals surface area contributed by atoms with Gasteiger partial charge in [-0.3, -0.25) is 9.78 Å². The lowest BCUT2D eigenvalue weighted by Gasteiger charge is -1.98.